The first-order valence-corrected chi connectivity index (χ1v) is 6.06. The first-order chi connectivity index (χ1) is 6.79. The number of nitrogens with one attached hydrogen (secondary N) is 1. The zero-order valence-electron chi connectivity index (χ0n) is 9.09. The van der Waals surface area contributed by atoms with Crippen LogP contribution < -0.4 is 5.32 Å². The normalized spacial score (nSPS) is 30.8. The molecule has 0 bridgehead atoms. The molecule has 0 aromatic carbocycles. The summed E-state index contributed by atoms with van der Waals surface area (Å²) in [6.45, 7) is 3.22. The molecule has 0 aromatic heterocycles. The Hall–Kier alpha value is -0.370. The lowest BCUT2D eigenvalue weighted by atomic mass is 9.87. The Morgan fingerprint density at radius 2 is 1.93 bits per heavy atom. The molecular weight excluding hydrogens is 174 g/mol. The molecule has 1 heterocycles. The van der Waals surface area contributed by atoms with Gasteiger partial charge in [0, 0.05) is 17.9 Å². The minimum absolute atomic E-state index is 0.251. The van der Waals surface area contributed by atoms with Crippen molar-refractivity contribution in [2.24, 2.45) is 11.8 Å². The SMILES string of the molecule is CC(C(=O)C1CCCC1)C1CCCN1. The number of hydrogen-bond donors (Lipinski definition) is 1. The second kappa shape index (κ2) is 4.43. The lowest BCUT2D eigenvalue weighted by Crippen LogP contribution is -2.36. The third kappa shape index (κ3) is 2.00. The number of Topliss-reactive ketones (excluding diaryl/α,β-unsaturated/α-hetero) is 1. The molecule has 0 amide bonds. The maximum absolute atomic E-state index is 12.1. The van der Waals surface area contributed by atoms with E-state index in [9.17, 15) is 4.79 Å². The average molecular weight is 195 g/mol. The van der Waals surface area contributed by atoms with Crippen molar-refractivity contribution in [2.45, 2.75) is 51.5 Å². The first-order valence-electron chi connectivity index (χ1n) is 6.06. The van der Waals surface area contributed by atoms with Crippen LogP contribution in [-0.2, 0) is 4.79 Å². The number of carbonyl (C=O) groups excluding carboxylic acids is 1. The molecule has 2 rings (SSSR count). The van der Waals surface area contributed by atoms with Crippen molar-refractivity contribution in [1.29, 1.82) is 0 Å². The highest BCUT2D eigenvalue weighted by Crippen LogP contribution is 2.29. The van der Waals surface area contributed by atoms with E-state index in [0.717, 1.165) is 19.4 Å². The summed E-state index contributed by atoms with van der Waals surface area (Å²) in [5.74, 6) is 1.18. The van der Waals surface area contributed by atoms with Crippen LogP contribution in [0.5, 0.6) is 0 Å². The third-order valence-electron chi connectivity index (χ3n) is 3.91. The van der Waals surface area contributed by atoms with E-state index in [1.165, 1.54) is 25.7 Å². The molecule has 0 radical (unpaired) electrons. The minimum atomic E-state index is 0.251. The van der Waals surface area contributed by atoms with Gasteiger partial charge < -0.3 is 5.32 Å². The van der Waals surface area contributed by atoms with Crippen molar-refractivity contribution in [2.75, 3.05) is 6.54 Å². The quantitative estimate of drug-likeness (QED) is 0.747. The molecule has 2 unspecified atom stereocenters. The maximum atomic E-state index is 12.1. The van der Waals surface area contributed by atoms with Gasteiger partial charge in [-0.1, -0.05) is 19.8 Å². The van der Waals surface area contributed by atoms with E-state index in [0.29, 0.717) is 17.7 Å². The summed E-state index contributed by atoms with van der Waals surface area (Å²) < 4.78 is 0. The van der Waals surface area contributed by atoms with E-state index in [1.807, 2.05) is 0 Å². The molecule has 0 aromatic rings. The molecule has 0 spiro atoms. The van der Waals surface area contributed by atoms with E-state index in [-0.39, 0.29) is 5.92 Å². The molecule has 1 N–H and O–H groups in total. The second-order valence-corrected chi connectivity index (χ2v) is 4.88. The summed E-state index contributed by atoms with van der Waals surface area (Å²) in [6.07, 6.45) is 7.26. The van der Waals surface area contributed by atoms with E-state index >= 15 is 0 Å². The highest BCUT2D eigenvalue weighted by molar-refractivity contribution is 5.84. The third-order valence-corrected chi connectivity index (χ3v) is 3.91. The zero-order valence-corrected chi connectivity index (χ0v) is 9.09. The van der Waals surface area contributed by atoms with Gasteiger partial charge in [0.2, 0.25) is 0 Å². The molecule has 2 aliphatic rings. The molecule has 1 aliphatic heterocycles. The summed E-state index contributed by atoms with van der Waals surface area (Å²) >= 11 is 0. The van der Waals surface area contributed by atoms with Crippen molar-refractivity contribution in [1.82, 2.24) is 5.32 Å². The largest absolute Gasteiger partial charge is 0.313 e. The van der Waals surface area contributed by atoms with Gasteiger partial charge in [0.25, 0.3) is 0 Å². The Labute approximate surface area is 86.5 Å². The Bertz CT molecular complexity index is 202. The molecule has 1 aliphatic carbocycles. The molecule has 2 nitrogen and oxygen atoms in total. The predicted molar refractivity (Wildman–Crippen MR) is 57.2 cm³/mol. The molecular formula is C12H21NO. The Kier molecular flexibility index (Phi) is 3.22. The van der Waals surface area contributed by atoms with E-state index in [1.54, 1.807) is 0 Å². The van der Waals surface area contributed by atoms with E-state index in [4.69, 9.17) is 0 Å². The van der Waals surface area contributed by atoms with Gasteiger partial charge in [-0.2, -0.15) is 0 Å². The minimum Gasteiger partial charge on any atom is -0.313 e. The number of hydrogen-bond acceptors (Lipinski definition) is 2. The van der Waals surface area contributed by atoms with Crippen molar-refractivity contribution >= 4 is 5.78 Å². The van der Waals surface area contributed by atoms with E-state index in [2.05, 4.69) is 12.2 Å². The van der Waals surface area contributed by atoms with Crippen LogP contribution in [-0.4, -0.2) is 18.4 Å². The summed E-state index contributed by atoms with van der Waals surface area (Å²) in [6, 6.07) is 0.475. The number of rotatable bonds is 3. The Morgan fingerprint density at radius 3 is 2.50 bits per heavy atom. The summed E-state index contributed by atoms with van der Waals surface area (Å²) in [5.41, 5.74) is 0. The molecule has 80 valence electrons. The summed E-state index contributed by atoms with van der Waals surface area (Å²) in [7, 11) is 0. The molecule has 1 saturated carbocycles. The average Bonchev–Trinajstić information content (AvgIpc) is 2.87. The predicted octanol–water partition coefficient (Wildman–Crippen LogP) is 2.13. The van der Waals surface area contributed by atoms with Gasteiger partial charge in [-0.05, 0) is 32.2 Å². The van der Waals surface area contributed by atoms with Crippen molar-refractivity contribution < 1.29 is 4.79 Å². The lowest BCUT2D eigenvalue weighted by molar-refractivity contribution is -0.126. The first kappa shape index (κ1) is 10.2. The van der Waals surface area contributed by atoms with Gasteiger partial charge in [-0.3, -0.25) is 4.79 Å². The van der Waals surface area contributed by atoms with Crippen LogP contribution in [0.25, 0.3) is 0 Å². The van der Waals surface area contributed by atoms with Gasteiger partial charge in [0.05, 0.1) is 0 Å². The van der Waals surface area contributed by atoms with Crippen molar-refractivity contribution in [3.8, 4) is 0 Å². The van der Waals surface area contributed by atoms with E-state index < -0.39 is 0 Å². The standard InChI is InChI=1S/C12H21NO/c1-9(11-7-4-8-13-11)12(14)10-5-2-3-6-10/h9-11,13H,2-8H2,1H3. The highest BCUT2D eigenvalue weighted by Gasteiger charge is 2.32. The lowest BCUT2D eigenvalue weighted by Gasteiger charge is -2.21. The summed E-state index contributed by atoms with van der Waals surface area (Å²) in [5, 5.41) is 3.44. The fraction of sp³-hybridized carbons (Fsp3) is 0.917. The van der Waals surface area contributed by atoms with Gasteiger partial charge in [0.15, 0.2) is 0 Å². The van der Waals surface area contributed by atoms with Crippen LogP contribution in [0.4, 0.5) is 0 Å². The van der Waals surface area contributed by atoms with Gasteiger partial charge in [0.1, 0.15) is 5.78 Å². The second-order valence-electron chi connectivity index (χ2n) is 4.88. The Morgan fingerprint density at radius 1 is 1.21 bits per heavy atom. The fourth-order valence-corrected chi connectivity index (χ4v) is 2.92. The zero-order chi connectivity index (χ0) is 9.97. The fourth-order valence-electron chi connectivity index (χ4n) is 2.92. The molecule has 2 atom stereocenters. The van der Waals surface area contributed by atoms with Gasteiger partial charge in [-0.15, -0.1) is 0 Å². The Balaban J connectivity index is 1.89. The molecule has 2 heteroatoms. The van der Waals surface area contributed by atoms with Crippen LogP contribution >= 0.6 is 0 Å². The van der Waals surface area contributed by atoms with Gasteiger partial charge in [-0.25, -0.2) is 0 Å². The van der Waals surface area contributed by atoms with Crippen LogP contribution in [0.15, 0.2) is 0 Å². The van der Waals surface area contributed by atoms with Crippen LogP contribution in [0, 0.1) is 11.8 Å². The van der Waals surface area contributed by atoms with Crippen LogP contribution in [0.1, 0.15) is 45.4 Å². The highest BCUT2D eigenvalue weighted by atomic mass is 16.1. The smallest absolute Gasteiger partial charge is 0.140 e. The number of ketones is 1. The van der Waals surface area contributed by atoms with Gasteiger partial charge >= 0.3 is 0 Å². The van der Waals surface area contributed by atoms with Crippen LogP contribution in [0.3, 0.4) is 0 Å². The van der Waals surface area contributed by atoms with Crippen molar-refractivity contribution in [3.63, 3.8) is 0 Å². The monoisotopic (exact) mass is 195 g/mol. The molecule has 1 saturated heterocycles. The topological polar surface area (TPSA) is 29.1 Å². The number of carbonyl (C=O) groups is 1. The molecule has 14 heavy (non-hydrogen) atoms. The maximum Gasteiger partial charge on any atom is 0.140 e. The molecule has 2 fully saturated rings. The summed E-state index contributed by atoms with van der Waals surface area (Å²) in [4.78, 5) is 12.1. The van der Waals surface area contributed by atoms with Crippen molar-refractivity contribution in [3.05, 3.63) is 0 Å². The van der Waals surface area contributed by atoms with Crippen LogP contribution in [0.2, 0.25) is 0 Å².